The summed E-state index contributed by atoms with van der Waals surface area (Å²) >= 11 is 7.49. The molecule has 0 bridgehead atoms. The number of thioether (sulfide) groups is 1. The highest BCUT2D eigenvalue weighted by atomic mass is 35.5. The molecule has 2 aromatic rings. The first-order valence-electron chi connectivity index (χ1n) is 6.62. The van der Waals surface area contributed by atoms with Gasteiger partial charge in [0.2, 0.25) is 0 Å². The third-order valence-electron chi connectivity index (χ3n) is 2.88. The lowest BCUT2D eigenvalue weighted by molar-refractivity contribution is 0.0948. The number of carbonyl (C=O) groups is 1. The first kappa shape index (κ1) is 16.8. The molecule has 1 amide bonds. The van der Waals surface area contributed by atoms with Crippen LogP contribution in [0.2, 0.25) is 5.02 Å². The molecule has 6 heteroatoms. The van der Waals surface area contributed by atoms with Gasteiger partial charge in [0.15, 0.2) is 0 Å². The maximum Gasteiger partial charge on any atom is 0.257 e. The Kier molecular flexibility index (Phi) is 6.21. The SMILES string of the molecule is O=C(NCCSCc1cccc(Cl)c1)c1c(F)cccc1F. The molecule has 2 aromatic carbocycles. The van der Waals surface area contributed by atoms with Crippen LogP contribution in [0, 0.1) is 11.6 Å². The van der Waals surface area contributed by atoms with Crippen LogP contribution in [-0.4, -0.2) is 18.2 Å². The molecule has 1 N–H and O–H groups in total. The number of halogens is 3. The summed E-state index contributed by atoms with van der Waals surface area (Å²) in [6.07, 6.45) is 0. The molecule has 0 saturated heterocycles. The van der Waals surface area contributed by atoms with E-state index in [-0.39, 0.29) is 0 Å². The summed E-state index contributed by atoms with van der Waals surface area (Å²) in [6, 6.07) is 10.9. The van der Waals surface area contributed by atoms with Gasteiger partial charge in [-0.1, -0.05) is 29.8 Å². The number of hydrogen-bond acceptors (Lipinski definition) is 2. The van der Waals surface area contributed by atoms with E-state index in [1.807, 2.05) is 18.2 Å². The molecule has 116 valence electrons. The van der Waals surface area contributed by atoms with Crippen molar-refractivity contribution < 1.29 is 13.6 Å². The number of rotatable bonds is 6. The number of amides is 1. The molecule has 0 saturated carbocycles. The van der Waals surface area contributed by atoms with Crippen molar-refractivity contribution in [3.8, 4) is 0 Å². The van der Waals surface area contributed by atoms with Gasteiger partial charge in [0.25, 0.3) is 5.91 Å². The molecule has 0 spiro atoms. The Labute approximate surface area is 136 Å². The van der Waals surface area contributed by atoms with Gasteiger partial charge in [-0.05, 0) is 29.8 Å². The molecular weight excluding hydrogens is 328 g/mol. The number of carbonyl (C=O) groups excluding carboxylic acids is 1. The Morgan fingerprint density at radius 1 is 1.14 bits per heavy atom. The smallest absolute Gasteiger partial charge is 0.257 e. The van der Waals surface area contributed by atoms with E-state index in [1.54, 1.807) is 17.8 Å². The molecule has 0 atom stereocenters. The zero-order valence-corrected chi connectivity index (χ0v) is 13.2. The predicted molar refractivity (Wildman–Crippen MR) is 86.3 cm³/mol. The van der Waals surface area contributed by atoms with Crippen molar-refractivity contribution in [3.05, 3.63) is 70.2 Å². The van der Waals surface area contributed by atoms with Gasteiger partial charge in [-0.2, -0.15) is 11.8 Å². The molecule has 2 rings (SSSR count). The van der Waals surface area contributed by atoms with Crippen LogP contribution < -0.4 is 5.32 Å². The van der Waals surface area contributed by atoms with Crippen LogP contribution in [0.4, 0.5) is 8.78 Å². The van der Waals surface area contributed by atoms with Crippen LogP contribution >= 0.6 is 23.4 Å². The Hall–Kier alpha value is -1.59. The molecule has 0 aliphatic rings. The van der Waals surface area contributed by atoms with Gasteiger partial charge in [0.05, 0.1) is 0 Å². The monoisotopic (exact) mass is 341 g/mol. The van der Waals surface area contributed by atoms with Gasteiger partial charge >= 0.3 is 0 Å². The maximum absolute atomic E-state index is 13.4. The predicted octanol–water partition coefficient (Wildman–Crippen LogP) is 4.28. The van der Waals surface area contributed by atoms with Gasteiger partial charge in [-0.25, -0.2) is 8.78 Å². The van der Waals surface area contributed by atoms with E-state index in [4.69, 9.17) is 11.6 Å². The fraction of sp³-hybridized carbons (Fsp3) is 0.188. The van der Waals surface area contributed by atoms with E-state index < -0.39 is 23.1 Å². The standard InChI is InChI=1S/C16H14ClF2NOS/c17-12-4-1-3-11(9-12)10-22-8-7-20-16(21)15-13(18)5-2-6-14(15)19/h1-6,9H,7-8,10H2,(H,20,21). The Morgan fingerprint density at radius 2 is 1.82 bits per heavy atom. The number of benzene rings is 2. The van der Waals surface area contributed by atoms with Crippen LogP contribution in [0.3, 0.4) is 0 Å². The maximum atomic E-state index is 13.4. The molecule has 0 aliphatic carbocycles. The van der Waals surface area contributed by atoms with Crippen LogP contribution in [-0.2, 0) is 5.75 Å². The van der Waals surface area contributed by atoms with Crippen molar-refractivity contribution in [2.45, 2.75) is 5.75 Å². The number of nitrogens with one attached hydrogen (secondary N) is 1. The van der Waals surface area contributed by atoms with E-state index >= 15 is 0 Å². The van der Waals surface area contributed by atoms with Crippen molar-refractivity contribution in [1.82, 2.24) is 5.32 Å². The van der Waals surface area contributed by atoms with Crippen molar-refractivity contribution in [2.75, 3.05) is 12.3 Å². The van der Waals surface area contributed by atoms with Gasteiger partial charge in [-0.15, -0.1) is 0 Å². The van der Waals surface area contributed by atoms with Crippen molar-refractivity contribution in [2.24, 2.45) is 0 Å². The van der Waals surface area contributed by atoms with Crippen molar-refractivity contribution >= 4 is 29.3 Å². The van der Waals surface area contributed by atoms with E-state index in [0.717, 1.165) is 23.4 Å². The lowest BCUT2D eigenvalue weighted by Crippen LogP contribution is -2.27. The zero-order valence-electron chi connectivity index (χ0n) is 11.6. The topological polar surface area (TPSA) is 29.1 Å². The van der Waals surface area contributed by atoms with Crippen LogP contribution in [0.5, 0.6) is 0 Å². The molecule has 0 aromatic heterocycles. The van der Waals surface area contributed by atoms with Crippen LogP contribution in [0.1, 0.15) is 15.9 Å². The highest BCUT2D eigenvalue weighted by Crippen LogP contribution is 2.16. The molecule has 0 aliphatic heterocycles. The van der Waals surface area contributed by atoms with Gasteiger partial charge in [-0.3, -0.25) is 4.79 Å². The molecular formula is C16H14ClF2NOS. The minimum absolute atomic E-state index is 0.331. The largest absolute Gasteiger partial charge is 0.351 e. The van der Waals surface area contributed by atoms with E-state index in [9.17, 15) is 13.6 Å². The summed E-state index contributed by atoms with van der Waals surface area (Å²) in [5.74, 6) is -1.06. The van der Waals surface area contributed by atoms with Gasteiger partial charge in [0, 0.05) is 23.1 Å². The summed E-state index contributed by atoms with van der Waals surface area (Å²) in [5, 5.41) is 3.19. The zero-order chi connectivity index (χ0) is 15.9. The minimum atomic E-state index is -0.857. The summed E-state index contributed by atoms with van der Waals surface area (Å²) in [6.45, 7) is 0.331. The fourth-order valence-corrected chi connectivity index (χ4v) is 2.88. The highest BCUT2D eigenvalue weighted by Gasteiger charge is 2.16. The van der Waals surface area contributed by atoms with Crippen molar-refractivity contribution in [3.63, 3.8) is 0 Å². The molecule has 0 heterocycles. The first-order chi connectivity index (χ1) is 10.6. The number of hydrogen-bond donors (Lipinski definition) is 1. The minimum Gasteiger partial charge on any atom is -0.351 e. The summed E-state index contributed by atoms with van der Waals surface area (Å²) < 4.78 is 26.8. The second kappa shape index (κ2) is 8.15. The molecule has 2 nitrogen and oxygen atoms in total. The van der Waals surface area contributed by atoms with Crippen LogP contribution in [0.25, 0.3) is 0 Å². The average Bonchev–Trinajstić information content (AvgIpc) is 2.47. The van der Waals surface area contributed by atoms with Gasteiger partial charge < -0.3 is 5.32 Å². The average molecular weight is 342 g/mol. The lowest BCUT2D eigenvalue weighted by Gasteiger charge is -2.07. The third-order valence-corrected chi connectivity index (χ3v) is 4.14. The van der Waals surface area contributed by atoms with Crippen molar-refractivity contribution in [1.29, 1.82) is 0 Å². The second-order valence-electron chi connectivity index (χ2n) is 4.54. The fourth-order valence-electron chi connectivity index (χ4n) is 1.86. The summed E-state index contributed by atoms with van der Waals surface area (Å²) in [5.41, 5.74) is 0.548. The molecule has 22 heavy (non-hydrogen) atoms. The lowest BCUT2D eigenvalue weighted by atomic mass is 10.2. The van der Waals surface area contributed by atoms with Gasteiger partial charge in [0.1, 0.15) is 17.2 Å². The van der Waals surface area contributed by atoms with E-state index in [0.29, 0.717) is 17.3 Å². The quantitative estimate of drug-likeness (QED) is 0.794. The second-order valence-corrected chi connectivity index (χ2v) is 6.08. The Morgan fingerprint density at radius 3 is 2.50 bits per heavy atom. The van der Waals surface area contributed by atoms with E-state index in [1.165, 1.54) is 6.07 Å². The Bertz CT molecular complexity index is 646. The normalized spacial score (nSPS) is 10.5. The van der Waals surface area contributed by atoms with Crippen LogP contribution in [0.15, 0.2) is 42.5 Å². The highest BCUT2D eigenvalue weighted by molar-refractivity contribution is 7.98. The molecule has 0 radical (unpaired) electrons. The third kappa shape index (κ3) is 4.71. The molecule has 0 fully saturated rings. The van der Waals surface area contributed by atoms with E-state index in [2.05, 4.69) is 5.32 Å². The molecule has 0 unspecified atom stereocenters. The summed E-state index contributed by atoms with van der Waals surface area (Å²) in [4.78, 5) is 11.7. The first-order valence-corrected chi connectivity index (χ1v) is 8.15. The Balaban J connectivity index is 1.76. The summed E-state index contributed by atoms with van der Waals surface area (Å²) in [7, 11) is 0.